The van der Waals surface area contributed by atoms with Crippen molar-refractivity contribution in [3.05, 3.63) is 46.8 Å². The lowest BCUT2D eigenvalue weighted by molar-refractivity contribution is -0.123. The van der Waals surface area contributed by atoms with E-state index in [2.05, 4.69) is 21.2 Å². The number of anilines is 1. The first-order valence-corrected chi connectivity index (χ1v) is 7.20. The molecule has 0 bridgehead atoms. The fourth-order valence-corrected chi connectivity index (χ4v) is 1.95. The van der Waals surface area contributed by atoms with Crippen molar-refractivity contribution >= 4 is 33.5 Å². The Kier molecular flexibility index (Phi) is 5.21. The third-order valence-corrected chi connectivity index (χ3v) is 3.19. The molecule has 1 atom stereocenters. The van der Waals surface area contributed by atoms with Crippen LogP contribution >= 0.6 is 15.9 Å². The van der Waals surface area contributed by atoms with Gasteiger partial charge >= 0.3 is 5.97 Å². The SMILES string of the molecule is COc1cccc(NC(=O)[C@@H](C)OC(=O)c2ccc(Br)o2)c1. The first-order chi connectivity index (χ1) is 10.5. The number of hydrogen-bond donors (Lipinski definition) is 1. The number of methoxy groups -OCH3 is 1. The van der Waals surface area contributed by atoms with E-state index in [9.17, 15) is 9.59 Å². The molecule has 0 spiro atoms. The van der Waals surface area contributed by atoms with E-state index in [1.807, 2.05) is 0 Å². The first-order valence-electron chi connectivity index (χ1n) is 6.41. The van der Waals surface area contributed by atoms with E-state index in [0.29, 0.717) is 16.1 Å². The minimum absolute atomic E-state index is 0.0212. The Labute approximate surface area is 135 Å². The summed E-state index contributed by atoms with van der Waals surface area (Å²) in [5, 5.41) is 2.64. The molecule has 6 nitrogen and oxygen atoms in total. The Bertz CT molecular complexity index is 682. The molecule has 1 N–H and O–H groups in total. The Morgan fingerprint density at radius 3 is 2.68 bits per heavy atom. The quantitative estimate of drug-likeness (QED) is 0.820. The van der Waals surface area contributed by atoms with E-state index in [4.69, 9.17) is 13.9 Å². The van der Waals surface area contributed by atoms with Crippen molar-refractivity contribution in [3.8, 4) is 5.75 Å². The maximum Gasteiger partial charge on any atom is 0.375 e. The molecule has 0 aliphatic heterocycles. The van der Waals surface area contributed by atoms with Gasteiger partial charge in [-0.2, -0.15) is 0 Å². The Balaban J connectivity index is 1.95. The van der Waals surface area contributed by atoms with Gasteiger partial charge in [0, 0.05) is 11.8 Å². The summed E-state index contributed by atoms with van der Waals surface area (Å²) in [6, 6.07) is 9.89. The van der Waals surface area contributed by atoms with Gasteiger partial charge < -0.3 is 19.2 Å². The van der Waals surface area contributed by atoms with E-state index in [1.165, 1.54) is 20.1 Å². The predicted octanol–water partition coefficient (Wildman–Crippen LogP) is 3.23. The van der Waals surface area contributed by atoms with Gasteiger partial charge in [0.25, 0.3) is 5.91 Å². The van der Waals surface area contributed by atoms with Crippen LogP contribution in [0, 0.1) is 0 Å². The van der Waals surface area contributed by atoms with Gasteiger partial charge in [0.1, 0.15) is 5.75 Å². The highest BCUT2D eigenvalue weighted by atomic mass is 79.9. The van der Waals surface area contributed by atoms with Crippen LogP contribution in [-0.2, 0) is 9.53 Å². The van der Waals surface area contributed by atoms with Crippen LogP contribution < -0.4 is 10.1 Å². The number of halogens is 1. The highest BCUT2D eigenvalue weighted by molar-refractivity contribution is 9.10. The summed E-state index contributed by atoms with van der Waals surface area (Å²) in [4.78, 5) is 23.8. The predicted molar refractivity (Wildman–Crippen MR) is 82.9 cm³/mol. The van der Waals surface area contributed by atoms with Gasteiger partial charge in [-0.05, 0) is 47.1 Å². The first kappa shape index (κ1) is 16.1. The molecule has 1 aromatic carbocycles. The van der Waals surface area contributed by atoms with E-state index in [1.54, 1.807) is 30.3 Å². The van der Waals surface area contributed by atoms with Crippen molar-refractivity contribution in [3.63, 3.8) is 0 Å². The van der Waals surface area contributed by atoms with Gasteiger partial charge in [0.05, 0.1) is 7.11 Å². The second-order valence-electron chi connectivity index (χ2n) is 4.37. The standard InChI is InChI=1S/C15H14BrNO5/c1-9(21-15(19)12-6-7-13(16)22-12)14(18)17-10-4-3-5-11(8-10)20-2/h3-9H,1-2H3,(H,17,18)/t9-/m1/s1. The van der Waals surface area contributed by atoms with Gasteiger partial charge in [0.2, 0.25) is 5.76 Å². The fourth-order valence-electron chi connectivity index (χ4n) is 1.64. The number of hydrogen-bond acceptors (Lipinski definition) is 5. The Morgan fingerprint density at radius 2 is 2.05 bits per heavy atom. The van der Waals surface area contributed by atoms with Crippen molar-refractivity contribution < 1.29 is 23.5 Å². The number of carbonyl (C=O) groups is 2. The van der Waals surface area contributed by atoms with Gasteiger partial charge in [-0.25, -0.2) is 4.79 Å². The van der Waals surface area contributed by atoms with Crippen molar-refractivity contribution in [1.29, 1.82) is 0 Å². The minimum Gasteiger partial charge on any atom is -0.497 e. The molecule has 0 radical (unpaired) electrons. The summed E-state index contributed by atoms with van der Waals surface area (Å²) in [6.07, 6.45) is -0.970. The molecule has 0 saturated carbocycles. The van der Waals surface area contributed by atoms with Crippen molar-refractivity contribution in [2.45, 2.75) is 13.0 Å². The molecule has 0 fully saturated rings. The largest absolute Gasteiger partial charge is 0.497 e. The molecule has 22 heavy (non-hydrogen) atoms. The third-order valence-electron chi connectivity index (χ3n) is 2.76. The molecule has 1 heterocycles. The van der Waals surface area contributed by atoms with Crippen LogP contribution in [0.3, 0.4) is 0 Å². The zero-order chi connectivity index (χ0) is 16.1. The summed E-state index contributed by atoms with van der Waals surface area (Å²) in [7, 11) is 1.53. The van der Waals surface area contributed by atoms with Gasteiger partial charge in [-0.1, -0.05) is 6.07 Å². The summed E-state index contributed by atoms with van der Waals surface area (Å²) < 4.78 is 15.6. The molecule has 116 valence electrons. The molecule has 0 aliphatic carbocycles. The number of amides is 1. The molecule has 2 rings (SSSR count). The molecular weight excluding hydrogens is 354 g/mol. The second kappa shape index (κ2) is 7.13. The summed E-state index contributed by atoms with van der Waals surface area (Å²) >= 11 is 3.09. The second-order valence-corrected chi connectivity index (χ2v) is 5.15. The normalized spacial score (nSPS) is 11.6. The summed E-state index contributed by atoms with van der Waals surface area (Å²) in [5.41, 5.74) is 0.549. The van der Waals surface area contributed by atoms with E-state index in [0.717, 1.165) is 0 Å². The maximum absolute atomic E-state index is 12.0. The fraction of sp³-hybridized carbons (Fsp3) is 0.200. The molecular formula is C15H14BrNO5. The molecule has 0 unspecified atom stereocenters. The van der Waals surface area contributed by atoms with Gasteiger partial charge in [-0.15, -0.1) is 0 Å². The van der Waals surface area contributed by atoms with Crippen molar-refractivity contribution in [2.75, 3.05) is 12.4 Å². The molecule has 0 aliphatic rings. The van der Waals surface area contributed by atoms with Gasteiger partial charge in [-0.3, -0.25) is 4.79 Å². The summed E-state index contributed by atoms with van der Waals surface area (Å²) in [6.45, 7) is 1.48. The van der Waals surface area contributed by atoms with Gasteiger partial charge in [0.15, 0.2) is 10.8 Å². The van der Waals surface area contributed by atoms with Crippen LogP contribution in [0.15, 0.2) is 45.5 Å². The monoisotopic (exact) mass is 367 g/mol. The van der Waals surface area contributed by atoms with Crippen LogP contribution in [0.2, 0.25) is 0 Å². The zero-order valence-electron chi connectivity index (χ0n) is 12.0. The number of ether oxygens (including phenoxy) is 2. The number of furan rings is 1. The molecule has 2 aromatic rings. The zero-order valence-corrected chi connectivity index (χ0v) is 13.5. The van der Waals surface area contributed by atoms with Crippen LogP contribution in [0.25, 0.3) is 0 Å². The molecule has 1 amide bonds. The minimum atomic E-state index is -0.970. The number of rotatable bonds is 5. The average molecular weight is 368 g/mol. The Morgan fingerprint density at radius 1 is 1.27 bits per heavy atom. The Hall–Kier alpha value is -2.28. The highest BCUT2D eigenvalue weighted by Gasteiger charge is 2.21. The summed E-state index contributed by atoms with van der Waals surface area (Å²) in [5.74, 6) is -0.526. The molecule has 0 saturated heterocycles. The maximum atomic E-state index is 12.0. The topological polar surface area (TPSA) is 77.8 Å². The van der Waals surface area contributed by atoms with Crippen molar-refractivity contribution in [1.82, 2.24) is 0 Å². The van der Waals surface area contributed by atoms with Crippen LogP contribution in [0.4, 0.5) is 5.69 Å². The number of benzene rings is 1. The van der Waals surface area contributed by atoms with Crippen molar-refractivity contribution in [2.24, 2.45) is 0 Å². The van der Waals surface area contributed by atoms with E-state index >= 15 is 0 Å². The average Bonchev–Trinajstić information content (AvgIpc) is 2.94. The van der Waals surface area contributed by atoms with Crippen LogP contribution in [-0.4, -0.2) is 25.1 Å². The number of nitrogens with one attached hydrogen (secondary N) is 1. The van der Waals surface area contributed by atoms with Crippen LogP contribution in [0.1, 0.15) is 17.5 Å². The van der Waals surface area contributed by atoms with Crippen LogP contribution in [0.5, 0.6) is 5.75 Å². The molecule has 7 heteroatoms. The third kappa shape index (κ3) is 4.11. The molecule has 1 aromatic heterocycles. The number of carbonyl (C=O) groups excluding carboxylic acids is 2. The smallest absolute Gasteiger partial charge is 0.375 e. The lowest BCUT2D eigenvalue weighted by atomic mass is 10.3. The van der Waals surface area contributed by atoms with E-state index < -0.39 is 18.0 Å². The highest BCUT2D eigenvalue weighted by Crippen LogP contribution is 2.18. The lowest BCUT2D eigenvalue weighted by Crippen LogP contribution is -2.29. The number of esters is 1. The van der Waals surface area contributed by atoms with E-state index in [-0.39, 0.29) is 5.76 Å². The lowest BCUT2D eigenvalue weighted by Gasteiger charge is -2.13.